The molecule has 0 heterocycles. The molecule has 1 atom stereocenters. The lowest BCUT2D eigenvalue weighted by Crippen LogP contribution is -2.40. The Morgan fingerprint density at radius 3 is 2.14 bits per heavy atom. The maximum atomic E-state index is 12.0. The zero-order valence-electron chi connectivity index (χ0n) is 14.8. The second-order valence-electron chi connectivity index (χ2n) is 6.97. The van der Waals surface area contributed by atoms with Crippen LogP contribution in [0.15, 0.2) is 24.3 Å². The highest BCUT2D eigenvalue weighted by atomic mass is 31.2. The second kappa shape index (κ2) is 7.31. The molecule has 126 valence electrons. The van der Waals surface area contributed by atoms with Gasteiger partial charge in [-0.2, -0.15) is 0 Å². The summed E-state index contributed by atoms with van der Waals surface area (Å²) in [6, 6.07) is 7.49. The van der Waals surface area contributed by atoms with Crippen LogP contribution < -0.4 is 4.52 Å². The summed E-state index contributed by atoms with van der Waals surface area (Å²) in [7, 11) is -4.76. The summed E-state index contributed by atoms with van der Waals surface area (Å²) in [5, 5.41) is 0.197. The summed E-state index contributed by atoms with van der Waals surface area (Å²) in [6.07, 6.45) is 0. The van der Waals surface area contributed by atoms with E-state index < -0.39 is 15.9 Å². The van der Waals surface area contributed by atoms with E-state index in [9.17, 15) is 4.57 Å². The molecule has 0 saturated carbocycles. The first kappa shape index (κ1) is 19.4. The fourth-order valence-electron chi connectivity index (χ4n) is 1.58. The molecule has 1 aromatic carbocycles. The first-order valence-corrected chi connectivity index (χ1v) is 12.5. The van der Waals surface area contributed by atoms with Gasteiger partial charge in [0.15, 0.2) is 8.32 Å². The quantitative estimate of drug-likeness (QED) is 0.487. The van der Waals surface area contributed by atoms with Crippen molar-refractivity contribution in [2.75, 3.05) is 13.3 Å². The van der Waals surface area contributed by atoms with Crippen molar-refractivity contribution < 1.29 is 18.0 Å². The average Bonchev–Trinajstić information content (AvgIpc) is 2.36. The van der Waals surface area contributed by atoms with E-state index in [1.165, 1.54) is 6.66 Å². The highest BCUT2D eigenvalue weighted by Gasteiger charge is 2.36. The lowest BCUT2D eigenvalue weighted by Gasteiger charge is -2.36. The molecule has 0 fully saturated rings. The molecule has 0 aromatic heterocycles. The minimum Gasteiger partial charge on any atom is -0.425 e. The van der Waals surface area contributed by atoms with E-state index >= 15 is 0 Å². The van der Waals surface area contributed by atoms with Gasteiger partial charge in [0, 0.05) is 6.66 Å². The Morgan fingerprint density at radius 1 is 1.14 bits per heavy atom. The number of hydrogen-bond acceptors (Lipinski definition) is 4. The zero-order valence-corrected chi connectivity index (χ0v) is 16.7. The van der Waals surface area contributed by atoms with Crippen LogP contribution in [0.1, 0.15) is 33.3 Å². The van der Waals surface area contributed by atoms with Gasteiger partial charge in [-0.25, -0.2) is 4.57 Å². The molecule has 1 unspecified atom stereocenters. The molecule has 1 rings (SSSR count). The zero-order chi connectivity index (χ0) is 17.0. The molecule has 0 amide bonds. The van der Waals surface area contributed by atoms with Crippen LogP contribution in [0.2, 0.25) is 18.1 Å². The summed E-state index contributed by atoms with van der Waals surface area (Å²) in [5.41, 5.74) is 1.08. The highest BCUT2D eigenvalue weighted by molar-refractivity contribution is 7.53. The van der Waals surface area contributed by atoms with Crippen molar-refractivity contribution in [3.63, 3.8) is 0 Å². The summed E-state index contributed by atoms with van der Waals surface area (Å²) < 4.78 is 28.7. The molecular formula is C16H29O4PSi. The third-order valence-electron chi connectivity index (χ3n) is 3.96. The summed E-state index contributed by atoms with van der Waals surface area (Å²) in [6.45, 7) is 15.4. The molecule has 0 aliphatic rings. The largest absolute Gasteiger partial charge is 0.425 e. The Labute approximate surface area is 135 Å². The molecule has 0 saturated heterocycles. The SMILES string of the molecule is CCOP(C)(=O)Oc1ccc(CO[Si](C)(C)C(C)(C)C)cc1. The lowest BCUT2D eigenvalue weighted by molar-refractivity contribution is 0.276. The first-order valence-electron chi connectivity index (χ1n) is 7.61. The molecule has 0 N–H and O–H groups in total. The van der Waals surface area contributed by atoms with Gasteiger partial charge in [0.1, 0.15) is 5.75 Å². The van der Waals surface area contributed by atoms with E-state index in [2.05, 4.69) is 33.9 Å². The second-order valence-corrected chi connectivity index (χ2v) is 13.8. The highest BCUT2D eigenvalue weighted by Crippen LogP contribution is 2.44. The molecule has 1 aromatic rings. The molecule has 4 nitrogen and oxygen atoms in total. The minimum atomic E-state index is -3.02. The van der Waals surface area contributed by atoms with Crippen LogP contribution in [-0.2, 0) is 20.1 Å². The van der Waals surface area contributed by atoms with Crippen molar-refractivity contribution in [1.29, 1.82) is 0 Å². The Morgan fingerprint density at radius 2 is 1.68 bits per heavy atom. The Kier molecular flexibility index (Phi) is 6.45. The van der Waals surface area contributed by atoms with Gasteiger partial charge < -0.3 is 13.5 Å². The van der Waals surface area contributed by atoms with Crippen molar-refractivity contribution in [2.45, 2.75) is 52.4 Å². The molecule has 6 heteroatoms. The van der Waals surface area contributed by atoms with Gasteiger partial charge in [0.25, 0.3) is 0 Å². The van der Waals surface area contributed by atoms with Crippen molar-refractivity contribution in [2.24, 2.45) is 0 Å². The van der Waals surface area contributed by atoms with E-state index in [0.717, 1.165) is 5.56 Å². The Hall–Kier alpha value is -0.613. The fraction of sp³-hybridized carbons (Fsp3) is 0.625. The third-order valence-corrected chi connectivity index (χ3v) is 9.71. The number of benzene rings is 1. The lowest BCUT2D eigenvalue weighted by atomic mass is 10.2. The van der Waals surface area contributed by atoms with Crippen LogP contribution >= 0.6 is 7.60 Å². The monoisotopic (exact) mass is 344 g/mol. The summed E-state index contributed by atoms with van der Waals surface area (Å²) >= 11 is 0. The van der Waals surface area contributed by atoms with Crippen molar-refractivity contribution in [1.82, 2.24) is 0 Å². The van der Waals surface area contributed by atoms with Crippen LogP contribution in [0, 0.1) is 0 Å². The normalized spacial score (nSPS) is 15.4. The number of rotatable bonds is 7. The summed E-state index contributed by atoms with van der Waals surface area (Å²) in [5.74, 6) is 0.551. The Bertz CT molecular complexity index is 520. The van der Waals surface area contributed by atoms with E-state index in [4.69, 9.17) is 13.5 Å². The van der Waals surface area contributed by atoms with E-state index in [1.807, 2.05) is 12.1 Å². The van der Waals surface area contributed by atoms with Crippen LogP contribution in [0.4, 0.5) is 0 Å². The molecule has 0 aliphatic heterocycles. The molecule has 0 aliphatic carbocycles. The average molecular weight is 344 g/mol. The van der Waals surface area contributed by atoms with Gasteiger partial charge in [-0.3, -0.25) is 0 Å². The standard InChI is InChI=1S/C16H29O4PSi/c1-8-18-21(5,17)20-15-11-9-14(10-12-15)13-19-22(6,7)16(2,3)4/h9-12H,8,13H2,1-7H3. The van der Waals surface area contributed by atoms with Crippen LogP contribution in [0.25, 0.3) is 0 Å². The first-order chi connectivity index (χ1) is 9.97. The van der Waals surface area contributed by atoms with Crippen LogP contribution in [-0.4, -0.2) is 21.6 Å². The van der Waals surface area contributed by atoms with Gasteiger partial charge in [-0.1, -0.05) is 32.9 Å². The summed E-state index contributed by atoms with van der Waals surface area (Å²) in [4.78, 5) is 0. The van der Waals surface area contributed by atoms with Crippen molar-refractivity contribution in [3.8, 4) is 5.75 Å². The Balaban J connectivity index is 2.65. The topological polar surface area (TPSA) is 44.8 Å². The van der Waals surface area contributed by atoms with Crippen LogP contribution in [0.5, 0.6) is 5.75 Å². The van der Waals surface area contributed by atoms with Crippen molar-refractivity contribution >= 4 is 15.9 Å². The molecule has 0 bridgehead atoms. The van der Waals surface area contributed by atoms with Crippen LogP contribution in [0.3, 0.4) is 0 Å². The minimum absolute atomic E-state index is 0.197. The molecule has 0 radical (unpaired) electrons. The van der Waals surface area contributed by atoms with Gasteiger partial charge in [0.2, 0.25) is 0 Å². The third kappa shape index (κ3) is 5.88. The fourth-order valence-corrected chi connectivity index (χ4v) is 3.57. The van der Waals surface area contributed by atoms with Gasteiger partial charge in [-0.15, -0.1) is 0 Å². The maximum absolute atomic E-state index is 12.0. The maximum Gasteiger partial charge on any atom is 0.376 e. The molecule has 0 spiro atoms. The van der Waals surface area contributed by atoms with Gasteiger partial charge in [-0.05, 0) is 42.8 Å². The van der Waals surface area contributed by atoms with Gasteiger partial charge >= 0.3 is 7.60 Å². The van der Waals surface area contributed by atoms with Crippen molar-refractivity contribution in [3.05, 3.63) is 29.8 Å². The van der Waals surface area contributed by atoms with E-state index in [1.54, 1.807) is 19.1 Å². The van der Waals surface area contributed by atoms with Gasteiger partial charge in [0.05, 0.1) is 13.2 Å². The van der Waals surface area contributed by atoms with E-state index in [0.29, 0.717) is 19.0 Å². The molecule has 22 heavy (non-hydrogen) atoms. The van der Waals surface area contributed by atoms with E-state index in [-0.39, 0.29) is 5.04 Å². The molecular weight excluding hydrogens is 315 g/mol. The predicted molar refractivity (Wildman–Crippen MR) is 94.2 cm³/mol. The smallest absolute Gasteiger partial charge is 0.376 e. The number of hydrogen-bond donors (Lipinski definition) is 0. The predicted octanol–water partition coefficient (Wildman–Crippen LogP) is 5.45.